The standard InChI is InChI=1S/C25H46O3/c1-13-10-21(15(3)17(5)24(13)27)23(19-8-7-9-20(26)12-19)22-11-14(2)25(28)18(6)16(22)4/h13-28H,7-12H2,1-6H3. The van der Waals surface area contributed by atoms with Crippen LogP contribution < -0.4 is 0 Å². The summed E-state index contributed by atoms with van der Waals surface area (Å²) in [6.45, 7) is 13.7. The Bertz CT molecular complexity index is 474. The lowest BCUT2D eigenvalue weighted by molar-refractivity contribution is -0.104. The molecule has 12 atom stereocenters. The number of hydrogen-bond donors (Lipinski definition) is 3. The summed E-state index contributed by atoms with van der Waals surface area (Å²) in [5.41, 5.74) is 0. The maximum absolute atomic E-state index is 10.7. The Morgan fingerprint density at radius 2 is 1.07 bits per heavy atom. The molecule has 3 N–H and O–H groups in total. The molecule has 3 heteroatoms. The van der Waals surface area contributed by atoms with E-state index in [0.717, 1.165) is 32.1 Å². The van der Waals surface area contributed by atoms with E-state index in [4.69, 9.17) is 0 Å². The summed E-state index contributed by atoms with van der Waals surface area (Å²) < 4.78 is 0. The van der Waals surface area contributed by atoms with E-state index < -0.39 is 0 Å². The molecule has 12 unspecified atom stereocenters. The lowest BCUT2D eigenvalue weighted by Crippen LogP contribution is -2.51. The molecule has 3 aliphatic carbocycles. The Balaban J connectivity index is 1.93. The molecule has 0 bridgehead atoms. The Morgan fingerprint density at radius 3 is 1.50 bits per heavy atom. The van der Waals surface area contributed by atoms with Crippen molar-refractivity contribution < 1.29 is 15.3 Å². The molecule has 0 spiro atoms. The summed E-state index contributed by atoms with van der Waals surface area (Å²) in [5.74, 6) is 4.84. The third-order valence-corrected chi connectivity index (χ3v) is 9.76. The average molecular weight is 395 g/mol. The molecule has 3 rings (SSSR count). The molecular weight excluding hydrogens is 348 g/mol. The molecule has 3 aliphatic rings. The van der Waals surface area contributed by atoms with Crippen molar-refractivity contribution in [3.05, 3.63) is 0 Å². The zero-order valence-corrected chi connectivity index (χ0v) is 19.1. The highest BCUT2D eigenvalue weighted by atomic mass is 16.3. The summed E-state index contributed by atoms with van der Waals surface area (Å²) in [6, 6.07) is 0. The van der Waals surface area contributed by atoms with E-state index in [1.54, 1.807) is 0 Å². The lowest BCUT2D eigenvalue weighted by atomic mass is 9.52. The van der Waals surface area contributed by atoms with Crippen molar-refractivity contribution in [2.75, 3.05) is 0 Å². The maximum Gasteiger partial charge on any atom is 0.0594 e. The quantitative estimate of drug-likeness (QED) is 0.648. The summed E-state index contributed by atoms with van der Waals surface area (Å²) in [4.78, 5) is 0. The summed E-state index contributed by atoms with van der Waals surface area (Å²) >= 11 is 0. The Morgan fingerprint density at radius 1 is 0.607 bits per heavy atom. The van der Waals surface area contributed by atoms with Crippen LogP contribution >= 0.6 is 0 Å². The van der Waals surface area contributed by atoms with Crippen molar-refractivity contribution in [1.82, 2.24) is 0 Å². The molecule has 3 saturated carbocycles. The first-order valence-electron chi connectivity index (χ1n) is 12.2. The van der Waals surface area contributed by atoms with Crippen LogP contribution in [0.1, 0.15) is 80.1 Å². The Labute approximate surface area is 173 Å². The van der Waals surface area contributed by atoms with Gasteiger partial charge in [-0.15, -0.1) is 0 Å². The molecule has 0 amide bonds. The summed E-state index contributed by atoms with van der Waals surface area (Å²) in [7, 11) is 0. The van der Waals surface area contributed by atoms with Gasteiger partial charge in [0.2, 0.25) is 0 Å². The lowest BCUT2D eigenvalue weighted by Gasteiger charge is -2.54. The van der Waals surface area contributed by atoms with Crippen LogP contribution in [0.5, 0.6) is 0 Å². The first kappa shape index (κ1) is 22.6. The molecule has 3 fully saturated rings. The molecule has 0 aliphatic heterocycles. The van der Waals surface area contributed by atoms with Gasteiger partial charge in [-0.25, -0.2) is 0 Å². The van der Waals surface area contributed by atoms with Crippen molar-refractivity contribution in [3.63, 3.8) is 0 Å². The van der Waals surface area contributed by atoms with Gasteiger partial charge in [-0.05, 0) is 91.3 Å². The van der Waals surface area contributed by atoms with Crippen molar-refractivity contribution in [3.8, 4) is 0 Å². The highest BCUT2D eigenvalue weighted by Crippen LogP contribution is 2.54. The van der Waals surface area contributed by atoms with Crippen molar-refractivity contribution in [2.45, 2.75) is 98.4 Å². The largest absolute Gasteiger partial charge is 0.393 e. The van der Waals surface area contributed by atoms with E-state index in [0.29, 0.717) is 59.2 Å². The normalized spacial score (nSPS) is 54.3. The van der Waals surface area contributed by atoms with Crippen molar-refractivity contribution >= 4 is 0 Å². The van der Waals surface area contributed by atoms with Crippen LogP contribution in [-0.4, -0.2) is 33.6 Å². The Kier molecular flexibility index (Phi) is 7.20. The van der Waals surface area contributed by atoms with Gasteiger partial charge < -0.3 is 15.3 Å². The van der Waals surface area contributed by atoms with Gasteiger partial charge in [0, 0.05) is 0 Å². The van der Waals surface area contributed by atoms with Crippen LogP contribution in [-0.2, 0) is 0 Å². The smallest absolute Gasteiger partial charge is 0.0594 e. The van der Waals surface area contributed by atoms with Crippen LogP contribution in [0.4, 0.5) is 0 Å². The third kappa shape index (κ3) is 4.18. The molecule has 0 aromatic rings. The maximum atomic E-state index is 10.7. The van der Waals surface area contributed by atoms with Gasteiger partial charge in [0.05, 0.1) is 18.3 Å². The van der Waals surface area contributed by atoms with Crippen LogP contribution in [0.3, 0.4) is 0 Å². The second-order valence-electron chi connectivity index (χ2n) is 11.3. The Hall–Kier alpha value is -0.120. The van der Waals surface area contributed by atoms with E-state index in [-0.39, 0.29) is 18.3 Å². The highest BCUT2D eigenvalue weighted by Gasteiger charge is 2.50. The minimum Gasteiger partial charge on any atom is -0.393 e. The fraction of sp³-hybridized carbons (Fsp3) is 1.00. The van der Waals surface area contributed by atoms with Crippen LogP contribution in [0.2, 0.25) is 0 Å². The molecule has 0 aromatic carbocycles. The van der Waals surface area contributed by atoms with E-state index >= 15 is 0 Å². The van der Waals surface area contributed by atoms with Crippen LogP contribution in [0.15, 0.2) is 0 Å². The van der Waals surface area contributed by atoms with E-state index in [1.165, 1.54) is 6.42 Å². The van der Waals surface area contributed by atoms with Crippen molar-refractivity contribution in [1.29, 1.82) is 0 Å². The van der Waals surface area contributed by atoms with Gasteiger partial charge in [-0.3, -0.25) is 0 Å². The van der Waals surface area contributed by atoms with Gasteiger partial charge in [-0.2, -0.15) is 0 Å². The molecule has 0 aromatic heterocycles. The van der Waals surface area contributed by atoms with Gasteiger partial charge in [0.25, 0.3) is 0 Å². The monoisotopic (exact) mass is 394 g/mol. The zero-order valence-electron chi connectivity index (χ0n) is 19.1. The van der Waals surface area contributed by atoms with Crippen LogP contribution in [0, 0.1) is 59.2 Å². The van der Waals surface area contributed by atoms with Gasteiger partial charge >= 0.3 is 0 Å². The molecule has 0 saturated heterocycles. The molecule has 3 nitrogen and oxygen atoms in total. The predicted octanol–water partition coefficient (Wildman–Crippen LogP) is 4.73. The highest BCUT2D eigenvalue weighted by molar-refractivity contribution is 4.99. The molecule has 0 radical (unpaired) electrons. The first-order chi connectivity index (χ1) is 13.1. The molecule has 164 valence electrons. The summed E-state index contributed by atoms with van der Waals surface area (Å²) in [6.07, 6.45) is 6.00. The van der Waals surface area contributed by atoms with Gasteiger partial charge in [0.15, 0.2) is 0 Å². The van der Waals surface area contributed by atoms with Gasteiger partial charge in [0.1, 0.15) is 0 Å². The van der Waals surface area contributed by atoms with Crippen molar-refractivity contribution in [2.24, 2.45) is 59.2 Å². The summed E-state index contributed by atoms with van der Waals surface area (Å²) in [5, 5.41) is 31.8. The predicted molar refractivity (Wildman–Crippen MR) is 115 cm³/mol. The minimum absolute atomic E-state index is 0.139. The average Bonchev–Trinajstić information content (AvgIpc) is 2.66. The number of aliphatic hydroxyl groups is 3. The number of aliphatic hydroxyl groups excluding tert-OH is 3. The number of hydrogen-bond acceptors (Lipinski definition) is 3. The van der Waals surface area contributed by atoms with E-state index in [1.807, 2.05) is 0 Å². The fourth-order valence-electron chi connectivity index (χ4n) is 7.59. The first-order valence-corrected chi connectivity index (χ1v) is 12.2. The minimum atomic E-state index is -0.188. The van der Waals surface area contributed by atoms with E-state index in [2.05, 4.69) is 41.5 Å². The van der Waals surface area contributed by atoms with Gasteiger partial charge in [-0.1, -0.05) is 48.0 Å². The second-order valence-corrected chi connectivity index (χ2v) is 11.3. The topological polar surface area (TPSA) is 60.7 Å². The molecular formula is C25H46O3. The zero-order chi connectivity index (χ0) is 20.7. The fourth-order valence-corrected chi connectivity index (χ4v) is 7.59. The van der Waals surface area contributed by atoms with E-state index in [9.17, 15) is 15.3 Å². The molecule has 28 heavy (non-hydrogen) atoms. The SMILES string of the molecule is CC1CC(C(C2CCCC(O)C2)C2CC(C)C(O)C(C)C2C)C(C)C(C)C1O. The molecule has 0 heterocycles. The second kappa shape index (κ2) is 8.94. The number of rotatable bonds is 3. The third-order valence-electron chi connectivity index (χ3n) is 9.76. The van der Waals surface area contributed by atoms with Crippen LogP contribution in [0.25, 0.3) is 0 Å².